The Bertz CT molecular complexity index is 391. The van der Waals surface area contributed by atoms with Crippen LogP contribution in [-0.4, -0.2) is 35.7 Å². The van der Waals surface area contributed by atoms with E-state index in [4.69, 9.17) is 11.6 Å². The van der Waals surface area contributed by atoms with E-state index in [0.29, 0.717) is 23.4 Å². The largest absolute Gasteiger partial charge is 0.508 e. The van der Waals surface area contributed by atoms with Gasteiger partial charge in [-0.15, -0.1) is 0 Å². The summed E-state index contributed by atoms with van der Waals surface area (Å²) in [5, 5.41) is 13.8. The molecule has 2 N–H and O–H groups in total. The number of hydrogen-bond donors (Lipinski definition) is 2. The topological polar surface area (TPSA) is 35.5 Å². The summed E-state index contributed by atoms with van der Waals surface area (Å²) in [4.78, 5) is 2.50. The quantitative estimate of drug-likeness (QED) is 0.862. The molecule has 1 aromatic carbocycles. The van der Waals surface area contributed by atoms with E-state index in [0.717, 1.165) is 12.1 Å². The van der Waals surface area contributed by atoms with E-state index in [-0.39, 0.29) is 0 Å². The van der Waals surface area contributed by atoms with Gasteiger partial charge in [-0.3, -0.25) is 4.90 Å². The van der Waals surface area contributed by atoms with Crippen LogP contribution in [0.4, 0.5) is 0 Å². The predicted molar refractivity (Wildman–Crippen MR) is 75.1 cm³/mol. The highest BCUT2D eigenvalue weighted by atomic mass is 35.5. The zero-order valence-electron chi connectivity index (χ0n) is 10.8. The van der Waals surface area contributed by atoms with E-state index >= 15 is 0 Å². The summed E-state index contributed by atoms with van der Waals surface area (Å²) in [5.74, 6) is 0.306. The van der Waals surface area contributed by atoms with Crippen LogP contribution in [-0.2, 0) is 6.54 Å². The Balaban J connectivity index is 1.79. The first-order valence-corrected chi connectivity index (χ1v) is 6.97. The van der Waals surface area contributed by atoms with Crippen LogP contribution < -0.4 is 5.32 Å². The maximum atomic E-state index is 9.70. The van der Waals surface area contributed by atoms with Gasteiger partial charge in [-0.2, -0.15) is 0 Å². The molecule has 100 valence electrons. The molecule has 18 heavy (non-hydrogen) atoms. The van der Waals surface area contributed by atoms with Crippen molar-refractivity contribution in [1.29, 1.82) is 0 Å². The van der Waals surface area contributed by atoms with Gasteiger partial charge >= 0.3 is 0 Å². The fourth-order valence-electron chi connectivity index (χ4n) is 2.42. The SMILES string of the molecule is CC(CNCc1cc(Cl)ccc1O)N1CCCC1. The lowest BCUT2D eigenvalue weighted by molar-refractivity contribution is 0.251. The minimum absolute atomic E-state index is 0.306. The molecule has 0 radical (unpaired) electrons. The average Bonchev–Trinajstić information content (AvgIpc) is 2.87. The van der Waals surface area contributed by atoms with E-state index in [1.165, 1.54) is 25.9 Å². The van der Waals surface area contributed by atoms with Gasteiger partial charge in [-0.1, -0.05) is 11.6 Å². The van der Waals surface area contributed by atoms with Gasteiger partial charge in [-0.05, 0) is 51.1 Å². The molecule has 0 bridgehead atoms. The predicted octanol–water partition coefficient (Wildman–Crippen LogP) is 2.62. The summed E-state index contributed by atoms with van der Waals surface area (Å²) >= 11 is 5.91. The summed E-state index contributed by atoms with van der Waals surface area (Å²) in [7, 11) is 0. The summed E-state index contributed by atoms with van der Waals surface area (Å²) in [6, 6.07) is 5.70. The van der Waals surface area contributed by atoms with E-state index in [2.05, 4.69) is 17.1 Å². The van der Waals surface area contributed by atoms with Crippen molar-refractivity contribution in [2.75, 3.05) is 19.6 Å². The van der Waals surface area contributed by atoms with Gasteiger partial charge in [0, 0.05) is 29.7 Å². The lowest BCUT2D eigenvalue weighted by Crippen LogP contribution is -2.38. The summed E-state index contributed by atoms with van der Waals surface area (Å²) in [6.07, 6.45) is 2.64. The van der Waals surface area contributed by atoms with E-state index in [1.54, 1.807) is 12.1 Å². The molecule has 4 heteroatoms. The van der Waals surface area contributed by atoms with Crippen molar-refractivity contribution in [1.82, 2.24) is 10.2 Å². The second-order valence-electron chi connectivity index (χ2n) is 5.00. The van der Waals surface area contributed by atoms with Gasteiger partial charge in [0.15, 0.2) is 0 Å². The molecule has 0 saturated carbocycles. The number of rotatable bonds is 5. The van der Waals surface area contributed by atoms with Gasteiger partial charge in [0.05, 0.1) is 0 Å². The van der Waals surface area contributed by atoms with Crippen LogP contribution in [0.5, 0.6) is 5.75 Å². The maximum absolute atomic E-state index is 9.70. The summed E-state index contributed by atoms with van der Waals surface area (Å²) < 4.78 is 0. The molecule has 1 aromatic rings. The first-order chi connectivity index (χ1) is 8.66. The third kappa shape index (κ3) is 3.61. The zero-order chi connectivity index (χ0) is 13.0. The molecule has 0 amide bonds. The number of phenolic OH excluding ortho intramolecular Hbond substituents is 1. The molecular formula is C14H21ClN2O. The smallest absolute Gasteiger partial charge is 0.120 e. The number of halogens is 1. The van der Waals surface area contributed by atoms with Crippen LogP contribution in [0.1, 0.15) is 25.3 Å². The normalized spacial score (nSPS) is 18.1. The zero-order valence-corrected chi connectivity index (χ0v) is 11.6. The summed E-state index contributed by atoms with van der Waals surface area (Å²) in [6.45, 7) is 6.27. The van der Waals surface area contributed by atoms with Crippen molar-refractivity contribution in [3.63, 3.8) is 0 Å². The highest BCUT2D eigenvalue weighted by molar-refractivity contribution is 6.30. The molecule has 3 nitrogen and oxygen atoms in total. The third-order valence-electron chi connectivity index (χ3n) is 3.56. The van der Waals surface area contributed by atoms with Crippen molar-refractivity contribution < 1.29 is 5.11 Å². The number of nitrogens with zero attached hydrogens (tertiary/aromatic N) is 1. The number of aromatic hydroxyl groups is 1. The molecule has 0 aliphatic carbocycles. The molecule has 1 unspecified atom stereocenters. The molecular weight excluding hydrogens is 248 g/mol. The van der Waals surface area contributed by atoms with Gasteiger partial charge < -0.3 is 10.4 Å². The fourth-order valence-corrected chi connectivity index (χ4v) is 2.62. The van der Waals surface area contributed by atoms with Gasteiger partial charge in [0.2, 0.25) is 0 Å². The van der Waals surface area contributed by atoms with Crippen molar-refractivity contribution in [3.8, 4) is 5.75 Å². The second kappa shape index (κ2) is 6.41. The van der Waals surface area contributed by atoms with Crippen LogP contribution in [0.3, 0.4) is 0 Å². The Kier molecular flexibility index (Phi) is 4.87. The molecule has 1 aliphatic rings. The van der Waals surface area contributed by atoms with Crippen molar-refractivity contribution in [3.05, 3.63) is 28.8 Å². The maximum Gasteiger partial charge on any atom is 0.120 e. The lowest BCUT2D eigenvalue weighted by atomic mass is 10.2. The average molecular weight is 269 g/mol. The number of hydrogen-bond acceptors (Lipinski definition) is 3. The molecule has 1 heterocycles. The van der Waals surface area contributed by atoms with Crippen molar-refractivity contribution >= 4 is 11.6 Å². The molecule has 1 fully saturated rings. The highest BCUT2D eigenvalue weighted by Gasteiger charge is 2.17. The highest BCUT2D eigenvalue weighted by Crippen LogP contribution is 2.21. The Morgan fingerprint density at radius 1 is 1.39 bits per heavy atom. The molecule has 2 rings (SSSR count). The molecule has 0 spiro atoms. The van der Waals surface area contributed by atoms with Crippen LogP contribution in [0.25, 0.3) is 0 Å². The lowest BCUT2D eigenvalue weighted by Gasteiger charge is -2.24. The fraction of sp³-hybridized carbons (Fsp3) is 0.571. The minimum atomic E-state index is 0.306. The number of likely N-dealkylation sites (tertiary alicyclic amines) is 1. The number of benzene rings is 1. The van der Waals surface area contributed by atoms with E-state index in [1.807, 2.05) is 6.07 Å². The van der Waals surface area contributed by atoms with E-state index in [9.17, 15) is 5.11 Å². The minimum Gasteiger partial charge on any atom is -0.508 e. The second-order valence-corrected chi connectivity index (χ2v) is 5.43. The standard InChI is InChI=1S/C14H21ClN2O/c1-11(17-6-2-3-7-17)9-16-10-12-8-13(15)4-5-14(12)18/h4-5,8,11,16,18H,2-3,6-7,9-10H2,1H3. The number of phenols is 1. The Labute approximate surface area is 114 Å². The van der Waals surface area contributed by atoms with E-state index < -0.39 is 0 Å². The van der Waals surface area contributed by atoms with Crippen LogP contribution in [0.2, 0.25) is 5.02 Å². The first kappa shape index (κ1) is 13.7. The molecule has 1 saturated heterocycles. The first-order valence-electron chi connectivity index (χ1n) is 6.59. The molecule has 0 aromatic heterocycles. The summed E-state index contributed by atoms with van der Waals surface area (Å²) in [5.41, 5.74) is 0.858. The monoisotopic (exact) mass is 268 g/mol. The Morgan fingerprint density at radius 3 is 2.83 bits per heavy atom. The van der Waals surface area contributed by atoms with Crippen LogP contribution in [0, 0.1) is 0 Å². The Morgan fingerprint density at radius 2 is 2.11 bits per heavy atom. The van der Waals surface area contributed by atoms with Gasteiger partial charge in [0.25, 0.3) is 0 Å². The molecule has 1 atom stereocenters. The number of nitrogens with one attached hydrogen (secondary N) is 1. The third-order valence-corrected chi connectivity index (χ3v) is 3.80. The van der Waals surface area contributed by atoms with Crippen LogP contribution >= 0.6 is 11.6 Å². The molecule has 1 aliphatic heterocycles. The van der Waals surface area contributed by atoms with Gasteiger partial charge in [-0.25, -0.2) is 0 Å². The van der Waals surface area contributed by atoms with Crippen molar-refractivity contribution in [2.45, 2.75) is 32.4 Å². The Hall–Kier alpha value is -0.770. The van der Waals surface area contributed by atoms with Crippen molar-refractivity contribution in [2.24, 2.45) is 0 Å². The van der Waals surface area contributed by atoms with Gasteiger partial charge in [0.1, 0.15) is 5.75 Å². The van der Waals surface area contributed by atoms with Crippen LogP contribution in [0.15, 0.2) is 18.2 Å².